The second kappa shape index (κ2) is 6.92. The molecule has 5 heteroatoms. The number of ether oxygens (including phenoxy) is 2. The number of carbonyl (C=O) groups is 1. The summed E-state index contributed by atoms with van der Waals surface area (Å²) in [4.78, 5) is 20.3. The van der Waals surface area contributed by atoms with Gasteiger partial charge in [0.2, 0.25) is 0 Å². The first-order valence-corrected chi connectivity index (χ1v) is 9.01. The van der Waals surface area contributed by atoms with Crippen LogP contribution >= 0.6 is 0 Å². The van der Waals surface area contributed by atoms with Gasteiger partial charge in [0.15, 0.2) is 0 Å². The Morgan fingerprint density at radius 3 is 2.81 bits per heavy atom. The molecule has 0 amide bonds. The number of nitrogens with zero attached hydrogens (tertiary/aromatic N) is 1. The fraction of sp³-hybridized carbons (Fsp3) is 0.333. The van der Waals surface area contributed by atoms with Crippen molar-refractivity contribution in [2.45, 2.75) is 31.8 Å². The molecule has 0 bridgehead atoms. The summed E-state index contributed by atoms with van der Waals surface area (Å²) in [6, 6.07) is 9.92. The van der Waals surface area contributed by atoms with Crippen molar-refractivity contribution in [3.05, 3.63) is 53.9 Å². The van der Waals surface area contributed by atoms with Gasteiger partial charge in [-0.25, -0.2) is 9.78 Å². The van der Waals surface area contributed by atoms with E-state index in [9.17, 15) is 4.79 Å². The molecule has 0 saturated carbocycles. The van der Waals surface area contributed by atoms with Crippen molar-refractivity contribution >= 4 is 27.8 Å². The number of esters is 1. The molecule has 0 radical (unpaired) electrons. The van der Waals surface area contributed by atoms with E-state index in [1.165, 1.54) is 7.11 Å². The van der Waals surface area contributed by atoms with Crippen LogP contribution in [0.1, 0.15) is 41.9 Å². The molecule has 2 unspecified atom stereocenters. The average molecular weight is 350 g/mol. The molecule has 2 heterocycles. The van der Waals surface area contributed by atoms with Crippen LogP contribution in [0.2, 0.25) is 0 Å². The Hall–Kier alpha value is -2.66. The number of H-pyrrole nitrogens is 1. The Balaban J connectivity index is 1.87. The summed E-state index contributed by atoms with van der Waals surface area (Å²) in [6.07, 6.45) is 6.30. The van der Waals surface area contributed by atoms with Crippen LogP contribution in [0.5, 0.6) is 0 Å². The SMILES string of the molecule is CCOC1C=CC(c2nc(C(=O)OC)cc3c2[nH]c2ccccc23)CC1. The number of benzene rings is 1. The molecule has 0 spiro atoms. The average Bonchev–Trinajstić information content (AvgIpc) is 3.06. The van der Waals surface area contributed by atoms with Gasteiger partial charge in [0, 0.05) is 28.8 Å². The van der Waals surface area contributed by atoms with E-state index in [-0.39, 0.29) is 12.0 Å². The van der Waals surface area contributed by atoms with Gasteiger partial charge in [-0.15, -0.1) is 0 Å². The fourth-order valence-corrected chi connectivity index (χ4v) is 3.72. The van der Waals surface area contributed by atoms with E-state index in [1.807, 2.05) is 31.2 Å². The Kier molecular flexibility index (Phi) is 4.47. The smallest absolute Gasteiger partial charge is 0.356 e. The van der Waals surface area contributed by atoms with Gasteiger partial charge in [-0.3, -0.25) is 0 Å². The minimum atomic E-state index is -0.412. The summed E-state index contributed by atoms with van der Waals surface area (Å²) < 4.78 is 10.6. The van der Waals surface area contributed by atoms with Crippen LogP contribution in [0.15, 0.2) is 42.5 Å². The van der Waals surface area contributed by atoms with Crippen molar-refractivity contribution in [1.82, 2.24) is 9.97 Å². The molecule has 26 heavy (non-hydrogen) atoms. The largest absolute Gasteiger partial charge is 0.464 e. The number of hydrogen-bond donors (Lipinski definition) is 1. The molecule has 1 aromatic carbocycles. The van der Waals surface area contributed by atoms with Crippen LogP contribution in [0.4, 0.5) is 0 Å². The summed E-state index contributed by atoms with van der Waals surface area (Å²) in [6.45, 7) is 2.72. The van der Waals surface area contributed by atoms with E-state index in [0.717, 1.165) is 40.3 Å². The lowest BCUT2D eigenvalue weighted by Crippen LogP contribution is -2.17. The molecule has 134 valence electrons. The third kappa shape index (κ3) is 2.88. The number of para-hydroxylation sites is 1. The van der Waals surface area contributed by atoms with Crippen LogP contribution in [0.3, 0.4) is 0 Å². The Morgan fingerprint density at radius 1 is 1.23 bits per heavy atom. The number of hydrogen-bond acceptors (Lipinski definition) is 4. The maximum absolute atomic E-state index is 12.2. The van der Waals surface area contributed by atoms with Gasteiger partial charge in [0.05, 0.1) is 24.4 Å². The number of nitrogens with one attached hydrogen (secondary N) is 1. The van der Waals surface area contributed by atoms with Crippen LogP contribution in [0, 0.1) is 0 Å². The summed E-state index contributed by atoms with van der Waals surface area (Å²) in [5.41, 5.74) is 3.27. The molecular weight excluding hydrogens is 328 g/mol. The Morgan fingerprint density at radius 2 is 2.08 bits per heavy atom. The number of methoxy groups -OCH3 is 1. The van der Waals surface area contributed by atoms with Crippen LogP contribution in [0.25, 0.3) is 21.8 Å². The summed E-state index contributed by atoms with van der Waals surface area (Å²) in [5, 5.41) is 2.09. The van der Waals surface area contributed by atoms with Gasteiger partial charge in [-0.05, 0) is 31.9 Å². The molecule has 1 N–H and O–H groups in total. The van der Waals surface area contributed by atoms with Crippen molar-refractivity contribution in [2.24, 2.45) is 0 Å². The number of aromatic nitrogens is 2. The molecule has 0 saturated heterocycles. The second-order valence-corrected chi connectivity index (χ2v) is 6.54. The zero-order valence-electron chi connectivity index (χ0n) is 15.0. The first kappa shape index (κ1) is 16.8. The standard InChI is InChI=1S/C21H22N2O3/c1-3-26-14-10-8-13(9-11-14)19-20-16(12-18(23-19)21(24)25-2)15-6-4-5-7-17(15)22-20/h4-8,10,12-14,22H,3,9,11H2,1-2H3. The van der Waals surface area contributed by atoms with Gasteiger partial charge in [0.25, 0.3) is 0 Å². The minimum Gasteiger partial charge on any atom is -0.464 e. The first-order valence-electron chi connectivity index (χ1n) is 9.01. The highest BCUT2D eigenvalue weighted by atomic mass is 16.5. The van der Waals surface area contributed by atoms with Crippen molar-refractivity contribution in [2.75, 3.05) is 13.7 Å². The summed E-state index contributed by atoms with van der Waals surface area (Å²) >= 11 is 0. The van der Waals surface area contributed by atoms with Crippen LogP contribution in [-0.4, -0.2) is 35.8 Å². The van der Waals surface area contributed by atoms with Crippen molar-refractivity contribution in [1.29, 1.82) is 0 Å². The van der Waals surface area contributed by atoms with Crippen molar-refractivity contribution in [3.8, 4) is 0 Å². The second-order valence-electron chi connectivity index (χ2n) is 6.54. The highest BCUT2D eigenvalue weighted by molar-refractivity contribution is 6.09. The highest BCUT2D eigenvalue weighted by Crippen LogP contribution is 2.35. The van der Waals surface area contributed by atoms with E-state index < -0.39 is 5.97 Å². The van der Waals surface area contributed by atoms with Crippen molar-refractivity contribution < 1.29 is 14.3 Å². The number of allylic oxidation sites excluding steroid dienone is 1. The molecule has 2 atom stereocenters. The van der Waals surface area contributed by atoms with Gasteiger partial charge in [-0.2, -0.15) is 0 Å². The quantitative estimate of drug-likeness (QED) is 0.561. The normalized spacial score (nSPS) is 19.9. The molecule has 3 aromatic rings. The predicted molar refractivity (Wildman–Crippen MR) is 101 cm³/mol. The van der Waals surface area contributed by atoms with E-state index in [1.54, 1.807) is 0 Å². The van der Waals surface area contributed by atoms with Gasteiger partial charge < -0.3 is 14.5 Å². The van der Waals surface area contributed by atoms with Gasteiger partial charge >= 0.3 is 5.97 Å². The van der Waals surface area contributed by atoms with Gasteiger partial charge in [-0.1, -0.05) is 30.4 Å². The molecule has 1 aliphatic carbocycles. The summed E-state index contributed by atoms with van der Waals surface area (Å²) in [7, 11) is 1.39. The predicted octanol–water partition coefficient (Wildman–Crippen LogP) is 4.34. The lowest BCUT2D eigenvalue weighted by molar-refractivity contribution is 0.0593. The summed E-state index contributed by atoms with van der Waals surface area (Å²) in [5.74, 6) is -0.266. The van der Waals surface area contributed by atoms with E-state index in [2.05, 4.69) is 28.2 Å². The molecule has 4 rings (SSSR count). The minimum absolute atomic E-state index is 0.145. The molecular formula is C21H22N2O3. The number of aromatic amines is 1. The highest BCUT2D eigenvalue weighted by Gasteiger charge is 2.24. The first-order chi connectivity index (χ1) is 12.7. The molecule has 0 fully saturated rings. The monoisotopic (exact) mass is 350 g/mol. The van der Waals surface area contributed by atoms with E-state index >= 15 is 0 Å². The third-order valence-corrected chi connectivity index (χ3v) is 4.97. The molecule has 1 aliphatic rings. The van der Waals surface area contributed by atoms with Crippen molar-refractivity contribution in [3.63, 3.8) is 0 Å². The fourth-order valence-electron chi connectivity index (χ4n) is 3.72. The lowest BCUT2D eigenvalue weighted by Gasteiger charge is -2.23. The molecule has 5 nitrogen and oxygen atoms in total. The van der Waals surface area contributed by atoms with E-state index in [4.69, 9.17) is 9.47 Å². The zero-order chi connectivity index (χ0) is 18.1. The maximum Gasteiger partial charge on any atom is 0.356 e. The topological polar surface area (TPSA) is 64.2 Å². The molecule has 0 aliphatic heterocycles. The lowest BCUT2D eigenvalue weighted by atomic mass is 9.90. The van der Waals surface area contributed by atoms with Crippen LogP contribution < -0.4 is 0 Å². The Labute approximate surface area is 152 Å². The zero-order valence-corrected chi connectivity index (χ0v) is 15.0. The molecule has 2 aromatic heterocycles. The maximum atomic E-state index is 12.2. The number of carbonyl (C=O) groups excluding carboxylic acids is 1. The third-order valence-electron chi connectivity index (χ3n) is 4.97. The number of pyridine rings is 1. The van der Waals surface area contributed by atoms with E-state index in [0.29, 0.717) is 12.3 Å². The Bertz CT molecular complexity index is 989. The van der Waals surface area contributed by atoms with Crippen LogP contribution in [-0.2, 0) is 9.47 Å². The number of fused-ring (bicyclic) bond motifs is 3. The van der Waals surface area contributed by atoms with Gasteiger partial charge in [0.1, 0.15) is 5.69 Å². The number of rotatable bonds is 4.